The number of aryl methyl sites for hydroxylation is 2. The van der Waals surface area contributed by atoms with Gasteiger partial charge in [0, 0.05) is 36.5 Å². The summed E-state index contributed by atoms with van der Waals surface area (Å²) in [6.45, 7) is 6.16. The summed E-state index contributed by atoms with van der Waals surface area (Å²) >= 11 is 1.88. The molecule has 28 heavy (non-hydrogen) atoms. The topological polar surface area (TPSA) is 40.6 Å². The van der Waals surface area contributed by atoms with E-state index in [4.69, 9.17) is 0 Å². The Bertz CT molecular complexity index is 903. The molecule has 0 saturated carbocycles. The molecule has 2 aliphatic rings. The Kier molecular flexibility index (Phi) is 5.19. The van der Waals surface area contributed by atoms with Crippen LogP contribution in [0, 0.1) is 13.8 Å². The Morgan fingerprint density at radius 1 is 0.929 bits per heavy atom. The first-order chi connectivity index (χ1) is 13.5. The predicted octanol–water partition coefficient (Wildman–Crippen LogP) is 4.12. The number of hydrogen-bond acceptors (Lipinski definition) is 3. The van der Waals surface area contributed by atoms with Gasteiger partial charge in [0.25, 0.3) is 11.8 Å². The molecular formula is C23H26N2O2S. The first-order valence-electron chi connectivity index (χ1n) is 9.88. The molecule has 2 aliphatic heterocycles. The van der Waals surface area contributed by atoms with E-state index in [1.165, 1.54) is 0 Å². The van der Waals surface area contributed by atoms with Crippen molar-refractivity contribution in [3.05, 3.63) is 70.8 Å². The first kappa shape index (κ1) is 19.1. The van der Waals surface area contributed by atoms with E-state index in [1.54, 1.807) is 0 Å². The molecule has 2 amide bonds. The molecule has 0 unspecified atom stereocenters. The Hall–Kier alpha value is -2.27. The SMILES string of the molecule is Cc1cccc(C(=O)N2CCSC23CCN(C(=O)c2ccccc2C)CC3)c1. The molecule has 0 aromatic heterocycles. The van der Waals surface area contributed by atoms with Gasteiger partial charge in [0.15, 0.2) is 0 Å². The van der Waals surface area contributed by atoms with Crippen LogP contribution < -0.4 is 0 Å². The lowest BCUT2D eigenvalue weighted by atomic mass is 9.99. The molecule has 0 bridgehead atoms. The highest BCUT2D eigenvalue weighted by molar-refractivity contribution is 8.00. The third kappa shape index (κ3) is 3.44. The quantitative estimate of drug-likeness (QED) is 0.769. The van der Waals surface area contributed by atoms with Gasteiger partial charge in [-0.25, -0.2) is 0 Å². The van der Waals surface area contributed by atoms with E-state index < -0.39 is 0 Å². The van der Waals surface area contributed by atoms with Crippen LogP contribution in [0.1, 0.15) is 44.7 Å². The molecule has 2 aromatic carbocycles. The lowest BCUT2D eigenvalue weighted by Gasteiger charge is -2.44. The third-order valence-corrected chi connectivity index (χ3v) is 7.45. The van der Waals surface area contributed by atoms with Crippen LogP contribution in [0.15, 0.2) is 48.5 Å². The van der Waals surface area contributed by atoms with E-state index in [1.807, 2.05) is 79.0 Å². The van der Waals surface area contributed by atoms with Crippen LogP contribution in [0.2, 0.25) is 0 Å². The van der Waals surface area contributed by atoms with Crippen molar-refractivity contribution in [1.29, 1.82) is 0 Å². The van der Waals surface area contributed by atoms with E-state index in [0.717, 1.165) is 47.4 Å². The average Bonchev–Trinajstić information content (AvgIpc) is 3.11. The van der Waals surface area contributed by atoms with Crippen LogP contribution in [0.5, 0.6) is 0 Å². The monoisotopic (exact) mass is 394 g/mol. The van der Waals surface area contributed by atoms with Crippen LogP contribution in [0.4, 0.5) is 0 Å². The van der Waals surface area contributed by atoms with Crippen LogP contribution in [0.3, 0.4) is 0 Å². The predicted molar refractivity (Wildman–Crippen MR) is 114 cm³/mol. The fourth-order valence-electron chi connectivity index (χ4n) is 4.29. The minimum atomic E-state index is -0.177. The van der Waals surface area contributed by atoms with Gasteiger partial charge in [0.05, 0.1) is 4.87 Å². The van der Waals surface area contributed by atoms with E-state index >= 15 is 0 Å². The summed E-state index contributed by atoms with van der Waals surface area (Å²) in [6, 6.07) is 15.6. The zero-order valence-corrected chi connectivity index (χ0v) is 17.3. The number of carbonyl (C=O) groups is 2. The lowest BCUT2D eigenvalue weighted by molar-refractivity contribution is 0.0497. The maximum atomic E-state index is 13.2. The van der Waals surface area contributed by atoms with Gasteiger partial charge in [-0.05, 0) is 50.5 Å². The zero-order valence-electron chi connectivity index (χ0n) is 16.5. The third-order valence-electron chi connectivity index (χ3n) is 5.90. The fraction of sp³-hybridized carbons (Fsp3) is 0.391. The number of piperidine rings is 1. The second kappa shape index (κ2) is 7.63. The number of likely N-dealkylation sites (tertiary alicyclic amines) is 1. The smallest absolute Gasteiger partial charge is 0.255 e. The second-order valence-corrected chi connectivity index (χ2v) is 9.18. The lowest BCUT2D eigenvalue weighted by Crippen LogP contribution is -2.53. The Morgan fingerprint density at radius 3 is 2.39 bits per heavy atom. The molecule has 0 aliphatic carbocycles. The summed E-state index contributed by atoms with van der Waals surface area (Å²) in [5.74, 6) is 1.18. The number of thioether (sulfide) groups is 1. The maximum Gasteiger partial charge on any atom is 0.255 e. The summed E-state index contributed by atoms with van der Waals surface area (Å²) in [7, 11) is 0. The Morgan fingerprint density at radius 2 is 1.68 bits per heavy atom. The van der Waals surface area contributed by atoms with Crippen molar-refractivity contribution >= 4 is 23.6 Å². The van der Waals surface area contributed by atoms with Crippen molar-refractivity contribution in [3.63, 3.8) is 0 Å². The van der Waals surface area contributed by atoms with Gasteiger partial charge in [0.1, 0.15) is 0 Å². The normalized spacial score (nSPS) is 18.5. The summed E-state index contributed by atoms with van der Waals surface area (Å²) in [6.07, 6.45) is 1.65. The van der Waals surface area contributed by atoms with Gasteiger partial charge >= 0.3 is 0 Å². The minimum Gasteiger partial charge on any atom is -0.338 e. The molecule has 0 N–H and O–H groups in total. The van der Waals surface area contributed by atoms with E-state index in [2.05, 4.69) is 4.90 Å². The summed E-state index contributed by atoms with van der Waals surface area (Å²) in [5.41, 5.74) is 3.66. The molecule has 1 spiro atoms. The number of benzene rings is 2. The fourth-order valence-corrected chi connectivity index (χ4v) is 5.74. The van der Waals surface area contributed by atoms with Crippen molar-refractivity contribution in [2.24, 2.45) is 0 Å². The first-order valence-corrected chi connectivity index (χ1v) is 10.9. The molecule has 2 heterocycles. The molecular weight excluding hydrogens is 368 g/mol. The van der Waals surface area contributed by atoms with Crippen LogP contribution >= 0.6 is 11.8 Å². The molecule has 2 fully saturated rings. The molecule has 0 atom stereocenters. The number of rotatable bonds is 2. The van der Waals surface area contributed by atoms with Crippen LogP contribution in [-0.2, 0) is 0 Å². The van der Waals surface area contributed by atoms with Crippen molar-refractivity contribution < 1.29 is 9.59 Å². The standard InChI is InChI=1S/C23H26N2O2S/c1-17-6-5-8-19(16-17)21(26)25-14-15-28-23(25)10-12-24(13-11-23)22(27)20-9-4-3-7-18(20)2/h3-9,16H,10-15H2,1-2H3. The highest BCUT2D eigenvalue weighted by Gasteiger charge is 2.47. The highest BCUT2D eigenvalue weighted by atomic mass is 32.2. The van der Waals surface area contributed by atoms with Crippen molar-refractivity contribution in [3.8, 4) is 0 Å². The number of hydrogen-bond donors (Lipinski definition) is 0. The number of amides is 2. The van der Waals surface area contributed by atoms with E-state index in [9.17, 15) is 9.59 Å². The Labute approximate surface area is 170 Å². The van der Waals surface area contributed by atoms with Gasteiger partial charge in [-0.1, -0.05) is 35.9 Å². The molecule has 146 valence electrons. The van der Waals surface area contributed by atoms with Crippen molar-refractivity contribution in [1.82, 2.24) is 9.80 Å². The van der Waals surface area contributed by atoms with Gasteiger partial charge in [-0.3, -0.25) is 9.59 Å². The van der Waals surface area contributed by atoms with Crippen LogP contribution in [-0.4, -0.2) is 51.9 Å². The molecule has 4 rings (SSSR count). The van der Waals surface area contributed by atoms with Crippen LogP contribution in [0.25, 0.3) is 0 Å². The summed E-state index contributed by atoms with van der Waals surface area (Å²) < 4.78 is 0. The molecule has 5 heteroatoms. The highest BCUT2D eigenvalue weighted by Crippen LogP contribution is 2.44. The molecule has 2 saturated heterocycles. The van der Waals surface area contributed by atoms with Gasteiger partial charge in [-0.2, -0.15) is 0 Å². The van der Waals surface area contributed by atoms with Crippen molar-refractivity contribution in [2.75, 3.05) is 25.4 Å². The molecule has 2 aromatic rings. The molecule has 0 radical (unpaired) electrons. The number of nitrogens with zero attached hydrogens (tertiary/aromatic N) is 2. The Balaban J connectivity index is 1.49. The summed E-state index contributed by atoms with van der Waals surface area (Å²) in [5, 5.41) is 0. The van der Waals surface area contributed by atoms with Gasteiger partial charge in [0.2, 0.25) is 0 Å². The minimum absolute atomic E-state index is 0.104. The van der Waals surface area contributed by atoms with E-state index in [-0.39, 0.29) is 16.7 Å². The summed E-state index contributed by atoms with van der Waals surface area (Å²) in [4.78, 5) is 29.9. The largest absolute Gasteiger partial charge is 0.338 e. The van der Waals surface area contributed by atoms with Gasteiger partial charge in [-0.15, -0.1) is 11.8 Å². The average molecular weight is 395 g/mol. The zero-order chi connectivity index (χ0) is 19.7. The second-order valence-electron chi connectivity index (χ2n) is 7.73. The van der Waals surface area contributed by atoms with Crippen molar-refractivity contribution in [2.45, 2.75) is 31.6 Å². The van der Waals surface area contributed by atoms with Gasteiger partial charge < -0.3 is 9.80 Å². The molecule has 4 nitrogen and oxygen atoms in total. The number of carbonyl (C=O) groups excluding carboxylic acids is 2. The van der Waals surface area contributed by atoms with E-state index in [0.29, 0.717) is 13.1 Å². The maximum absolute atomic E-state index is 13.2.